The van der Waals surface area contributed by atoms with Crippen molar-refractivity contribution in [2.24, 2.45) is 0 Å². The molecule has 0 aliphatic rings. The summed E-state index contributed by atoms with van der Waals surface area (Å²) in [5, 5.41) is 10.3. The van der Waals surface area contributed by atoms with Gasteiger partial charge in [-0.3, -0.25) is 14.8 Å². The highest BCUT2D eigenvalue weighted by Gasteiger charge is 2.17. The van der Waals surface area contributed by atoms with Crippen LogP contribution in [0.5, 0.6) is 5.75 Å². The lowest BCUT2D eigenvalue weighted by Gasteiger charge is -2.09. The van der Waals surface area contributed by atoms with Crippen LogP contribution < -0.4 is 14.8 Å². The van der Waals surface area contributed by atoms with Crippen LogP contribution in [0.15, 0.2) is 88.2 Å². The largest absolute Gasteiger partial charge is 0.496 e. The first-order chi connectivity index (χ1) is 15.5. The van der Waals surface area contributed by atoms with E-state index in [2.05, 4.69) is 20.2 Å². The number of carbonyl (C=O) groups is 1. The predicted octanol–water partition coefficient (Wildman–Crippen LogP) is 3.80. The number of nitrogens with zero attached hydrogens (tertiary/aromatic N) is 2. The molecule has 10 heteroatoms. The van der Waals surface area contributed by atoms with E-state index in [4.69, 9.17) is 9.15 Å². The number of hydrogen-bond donors (Lipinski definition) is 2. The molecule has 0 aliphatic carbocycles. The first kappa shape index (κ1) is 21.1. The summed E-state index contributed by atoms with van der Waals surface area (Å²) in [4.78, 5) is 12.7. The second-order valence-corrected chi connectivity index (χ2v) is 8.25. The van der Waals surface area contributed by atoms with Gasteiger partial charge in [0.2, 0.25) is 0 Å². The highest BCUT2D eigenvalue weighted by Crippen LogP contribution is 2.29. The number of anilines is 2. The third-order valence-electron chi connectivity index (χ3n) is 4.41. The number of benzene rings is 3. The van der Waals surface area contributed by atoms with Gasteiger partial charge in [0, 0.05) is 11.3 Å². The van der Waals surface area contributed by atoms with Crippen LogP contribution in [0.2, 0.25) is 0 Å². The second kappa shape index (κ2) is 8.90. The van der Waals surface area contributed by atoms with Crippen LogP contribution in [0.25, 0.3) is 11.5 Å². The molecule has 0 spiro atoms. The van der Waals surface area contributed by atoms with Gasteiger partial charge in [-0.15, -0.1) is 5.10 Å². The summed E-state index contributed by atoms with van der Waals surface area (Å²) in [5.74, 6) is 0.190. The number of aromatic nitrogens is 2. The van der Waals surface area contributed by atoms with E-state index in [1.54, 1.807) is 54.6 Å². The molecule has 0 saturated carbocycles. The van der Waals surface area contributed by atoms with Crippen LogP contribution in [0.4, 0.5) is 11.7 Å². The second-order valence-electron chi connectivity index (χ2n) is 6.57. The van der Waals surface area contributed by atoms with Crippen molar-refractivity contribution in [2.75, 3.05) is 17.1 Å². The van der Waals surface area contributed by atoms with E-state index in [0.29, 0.717) is 11.3 Å². The van der Waals surface area contributed by atoms with Crippen molar-refractivity contribution in [3.8, 4) is 17.2 Å². The van der Waals surface area contributed by atoms with Gasteiger partial charge in [0.1, 0.15) is 5.75 Å². The average molecular weight is 450 g/mol. The number of methoxy groups -OCH3 is 1. The summed E-state index contributed by atoms with van der Waals surface area (Å²) in [6, 6.07) is 21.0. The number of sulfonamides is 1. The molecule has 9 nitrogen and oxygen atoms in total. The normalized spacial score (nSPS) is 11.0. The highest BCUT2D eigenvalue weighted by atomic mass is 32.2. The SMILES string of the molecule is COc1ccccc1-c1nnc(NC(=O)c2cccc(NS(=O)(=O)c3ccccc3)c2)o1. The Morgan fingerprint density at radius 2 is 1.69 bits per heavy atom. The number of hydrogen-bond acceptors (Lipinski definition) is 7. The summed E-state index contributed by atoms with van der Waals surface area (Å²) in [5.41, 5.74) is 1.03. The van der Waals surface area contributed by atoms with E-state index in [-0.39, 0.29) is 28.1 Å². The van der Waals surface area contributed by atoms with Crippen molar-refractivity contribution < 1.29 is 22.4 Å². The maximum Gasteiger partial charge on any atom is 0.322 e. The molecule has 4 rings (SSSR count). The van der Waals surface area contributed by atoms with Gasteiger partial charge in [-0.1, -0.05) is 41.5 Å². The molecular weight excluding hydrogens is 432 g/mol. The molecule has 3 aromatic carbocycles. The van der Waals surface area contributed by atoms with Gasteiger partial charge < -0.3 is 9.15 Å². The van der Waals surface area contributed by atoms with Crippen molar-refractivity contribution in [1.29, 1.82) is 0 Å². The molecule has 0 fully saturated rings. The standard InChI is InChI=1S/C22H18N4O5S/c1-30-19-13-6-5-12-18(19)21-24-25-22(31-21)23-20(27)15-8-7-9-16(14-15)26-32(28,29)17-10-3-2-4-11-17/h2-14,26H,1H3,(H,23,25,27). The van der Waals surface area contributed by atoms with Crippen LogP contribution in [-0.4, -0.2) is 31.6 Å². The monoisotopic (exact) mass is 450 g/mol. The quantitative estimate of drug-likeness (QED) is 0.439. The molecule has 0 aliphatic heterocycles. The number of para-hydroxylation sites is 1. The maximum atomic E-state index is 12.6. The summed E-state index contributed by atoms with van der Waals surface area (Å²) in [7, 11) is -2.26. The topological polar surface area (TPSA) is 123 Å². The summed E-state index contributed by atoms with van der Waals surface area (Å²) in [6.45, 7) is 0. The van der Waals surface area contributed by atoms with Gasteiger partial charge in [0.25, 0.3) is 21.8 Å². The molecule has 0 saturated heterocycles. The van der Waals surface area contributed by atoms with E-state index in [0.717, 1.165) is 0 Å². The van der Waals surface area contributed by atoms with Crippen molar-refractivity contribution in [2.45, 2.75) is 4.90 Å². The number of rotatable bonds is 7. The Morgan fingerprint density at radius 3 is 2.47 bits per heavy atom. The van der Waals surface area contributed by atoms with Crippen molar-refractivity contribution >= 4 is 27.6 Å². The summed E-state index contributed by atoms with van der Waals surface area (Å²) >= 11 is 0. The molecule has 1 amide bonds. The number of ether oxygens (including phenoxy) is 1. The molecule has 0 atom stereocenters. The van der Waals surface area contributed by atoms with E-state index in [9.17, 15) is 13.2 Å². The lowest BCUT2D eigenvalue weighted by molar-refractivity contribution is 0.102. The molecule has 32 heavy (non-hydrogen) atoms. The lowest BCUT2D eigenvalue weighted by atomic mass is 10.2. The lowest BCUT2D eigenvalue weighted by Crippen LogP contribution is -2.15. The van der Waals surface area contributed by atoms with Gasteiger partial charge in [-0.25, -0.2) is 8.42 Å². The van der Waals surface area contributed by atoms with Crippen LogP contribution in [0, 0.1) is 0 Å². The van der Waals surface area contributed by atoms with Gasteiger partial charge >= 0.3 is 6.01 Å². The van der Waals surface area contributed by atoms with Crippen molar-refractivity contribution in [1.82, 2.24) is 10.2 Å². The Hall–Kier alpha value is -4.18. The average Bonchev–Trinajstić information content (AvgIpc) is 3.27. The Kier molecular flexibility index (Phi) is 5.86. The predicted molar refractivity (Wildman–Crippen MR) is 118 cm³/mol. The van der Waals surface area contributed by atoms with Gasteiger partial charge in [-0.05, 0) is 42.5 Å². The van der Waals surface area contributed by atoms with E-state index in [1.807, 2.05) is 0 Å². The van der Waals surface area contributed by atoms with Crippen LogP contribution in [0.3, 0.4) is 0 Å². The number of amides is 1. The first-order valence-corrected chi connectivity index (χ1v) is 10.9. The molecule has 0 bridgehead atoms. The van der Waals surface area contributed by atoms with E-state index < -0.39 is 15.9 Å². The van der Waals surface area contributed by atoms with Gasteiger partial charge in [0.15, 0.2) is 0 Å². The number of nitrogens with one attached hydrogen (secondary N) is 2. The third-order valence-corrected chi connectivity index (χ3v) is 5.81. The third kappa shape index (κ3) is 4.60. The fourth-order valence-corrected chi connectivity index (χ4v) is 3.98. The fraction of sp³-hybridized carbons (Fsp3) is 0.0455. The molecule has 1 heterocycles. The minimum atomic E-state index is -3.78. The Bertz CT molecular complexity index is 1350. The van der Waals surface area contributed by atoms with Crippen LogP contribution in [0.1, 0.15) is 10.4 Å². The van der Waals surface area contributed by atoms with E-state index in [1.165, 1.54) is 31.4 Å². The highest BCUT2D eigenvalue weighted by molar-refractivity contribution is 7.92. The molecule has 2 N–H and O–H groups in total. The zero-order valence-corrected chi connectivity index (χ0v) is 17.7. The van der Waals surface area contributed by atoms with Crippen molar-refractivity contribution in [3.63, 3.8) is 0 Å². The Morgan fingerprint density at radius 1 is 0.938 bits per heavy atom. The molecule has 1 aromatic heterocycles. The Balaban J connectivity index is 1.50. The minimum Gasteiger partial charge on any atom is -0.496 e. The fourth-order valence-electron chi connectivity index (χ4n) is 2.91. The maximum absolute atomic E-state index is 12.6. The minimum absolute atomic E-state index is 0.105. The smallest absolute Gasteiger partial charge is 0.322 e. The zero-order valence-electron chi connectivity index (χ0n) is 16.8. The molecule has 4 aromatic rings. The molecule has 0 radical (unpaired) electrons. The molecule has 0 unspecified atom stereocenters. The molecular formula is C22H18N4O5S. The summed E-state index contributed by atoms with van der Waals surface area (Å²) in [6.07, 6.45) is 0. The first-order valence-electron chi connectivity index (χ1n) is 9.42. The van der Waals surface area contributed by atoms with Crippen LogP contribution in [-0.2, 0) is 10.0 Å². The molecule has 162 valence electrons. The van der Waals surface area contributed by atoms with Crippen LogP contribution >= 0.6 is 0 Å². The van der Waals surface area contributed by atoms with Gasteiger partial charge in [0.05, 0.1) is 17.6 Å². The summed E-state index contributed by atoms with van der Waals surface area (Å²) < 4.78 is 38.3. The van der Waals surface area contributed by atoms with Crippen molar-refractivity contribution in [3.05, 3.63) is 84.4 Å². The van der Waals surface area contributed by atoms with Gasteiger partial charge in [-0.2, -0.15) is 0 Å². The van der Waals surface area contributed by atoms with E-state index >= 15 is 0 Å². The Labute approximate surface area is 184 Å². The number of carbonyl (C=O) groups excluding carboxylic acids is 1. The zero-order chi connectivity index (χ0) is 22.6.